The van der Waals surface area contributed by atoms with Crippen molar-refractivity contribution < 1.29 is 14.0 Å². The number of nitrogens with one attached hydrogen (secondary N) is 1. The number of oxazole rings is 1. The van der Waals surface area contributed by atoms with Crippen molar-refractivity contribution in [1.29, 1.82) is 0 Å². The van der Waals surface area contributed by atoms with Crippen LogP contribution in [0.3, 0.4) is 0 Å². The number of nitrogens with zero attached hydrogens (tertiary/aromatic N) is 3. The van der Waals surface area contributed by atoms with Crippen LogP contribution in [-0.4, -0.2) is 26.6 Å². The Bertz CT molecular complexity index is 1340. The van der Waals surface area contributed by atoms with E-state index in [0.717, 1.165) is 10.5 Å². The molecule has 1 aliphatic rings. The highest BCUT2D eigenvalue weighted by molar-refractivity contribution is 6.22. The Morgan fingerprint density at radius 3 is 2.63 bits per heavy atom. The summed E-state index contributed by atoms with van der Waals surface area (Å²) >= 11 is 0. The van der Waals surface area contributed by atoms with Gasteiger partial charge in [-0.15, -0.1) is 0 Å². The number of H-pyrrole nitrogens is 1. The molecular weight excluding hydrogens is 384 g/mol. The smallest absolute Gasteiger partial charge is 0.325 e. The zero-order valence-corrected chi connectivity index (χ0v) is 16.4. The molecule has 0 spiro atoms. The summed E-state index contributed by atoms with van der Waals surface area (Å²) in [5.41, 5.74) is 2.92. The Balaban J connectivity index is 1.56. The second-order valence-corrected chi connectivity index (χ2v) is 7.42. The maximum atomic E-state index is 13.2. The Morgan fingerprint density at radius 2 is 1.87 bits per heavy atom. The number of aromatic amines is 1. The molecule has 8 heteroatoms. The first-order chi connectivity index (χ1) is 14.4. The SMILES string of the molecule is Cc1cccc(N2C(=O)CC(c3c(C)[nH]n(-c4nc5ccccc5o4)c3=O)C2=O)c1. The molecule has 0 radical (unpaired) electrons. The van der Waals surface area contributed by atoms with Gasteiger partial charge in [-0.05, 0) is 43.7 Å². The Kier molecular flexibility index (Phi) is 3.95. The summed E-state index contributed by atoms with van der Waals surface area (Å²) in [6.07, 6.45) is -0.0612. The van der Waals surface area contributed by atoms with Gasteiger partial charge in [-0.1, -0.05) is 24.3 Å². The van der Waals surface area contributed by atoms with Crippen molar-refractivity contribution in [1.82, 2.24) is 14.8 Å². The number of carbonyl (C=O) groups excluding carboxylic acids is 2. The molecule has 30 heavy (non-hydrogen) atoms. The van der Waals surface area contributed by atoms with Gasteiger partial charge in [0.2, 0.25) is 11.8 Å². The molecule has 2 aromatic heterocycles. The van der Waals surface area contributed by atoms with E-state index in [1.165, 1.54) is 4.68 Å². The Morgan fingerprint density at radius 1 is 1.07 bits per heavy atom. The number of para-hydroxylation sites is 2. The number of imide groups is 1. The van der Waals surface area contributed by atoms with Gasteiger partial charge in [-0.3, -0.25) is 19.5 Å². The first-order valence-electron chi connectivity index (χ1n) is 9.55. The van der Waals surface area contributed by atoms with Crippen LogP contribution < -0.4 is 10.5 Å². The van der Waals surface area contributed by atoms with Gasteiger partial charge >= 0.3 is 6.01 Å². The predicted molar refractivity (Wildman–Crippen MR) is 110 cm³/mol. The van der Waals surface area contributed by atoms with Crippen LogP contribution in [0.2, 0.25) is 0 Å². The van der Waals surface area contributed by atoms with Crippen LogP contribution in [0.25, 0.3) is 17.1 Å². The van der Waals surface area contributed by atoms with Gasteiger partial charge in [0.1, 0.15) is 5.52 Å². The fraction of sp³-hybridized carbons (Fsp3) is 0.182. The fourth-order valence-corrected chi connectivity index (χ4v) is 3.96. The number of anilines is 1. The van der Waals surface area contributed by atoms with Crippen molar-refractivity contribution in [2.24, 2.45) is 0 Å². The van der Waals surface area contributed by atoms with Crippen LogP contribution in [0.1, 0.15) is 29.2 Å². The van der Waals surface area contributed by atoms with E-state index in [9.17, 15) is 14.4 Å². The largest absolute Gasteiger partial charge is 0.422 e. The molecular formula is C22H18N4O4. The summed E-state index contributed by atoms with van der Waals surface area (Å²) in [5, 5.41) is 2.93. The number of hydrogen-bond acceptors (Lipinski definition) is 5. The van der Waals surface area contributed by atoms with Gasteiger partial charge < -0.3 is 4.42 Å². The quantitative estimate of drug-likeness (QED) is 0.531. The van der Waals surface area contributed by atoms with E-state index in [2.05, 4.69) is 10.1 Å². The van der Waals surface area contributed by atoms with E-state index in [4.69, 9.17) is 4.42 Å². The van der Waals surface area contributed by atoms with Crippen LogP contribution in [0, 0.1) is 13.8 Å². The minimum absolute atomic E-state index is 0.0612. The molecule has 1 N–H and O–H groups in total. The lowest BCUT2D eigenvalue weighted by atomic mass is 9.98. The van der Waals surface area contributed by atoms with Crippen LogP contribution in [0.5, 0.6) is 0 Å². The molecule has 0 aliphatic carbocycles. The van der Waals surface area contributed by atoms with E-state index in [1.54, 1.807) is 37.3 Å². The highest BCUT2D eigenvalue weighted by Crippen LogP contribution is 2.33. The minimum atomic E-state index is -0.854. The van der Waals surface area contributed by atoms with Crippen molar-refractivity contribution in [3.05, 3.63) is 75.7 Å². The molecule has 5 rings (SSSR count). The number of benzene rings is 2. The molecule has 0 bridgehead atoms. The zero-order chi connectivity index (χ0) is 21.0. The normalized spacial score (nSPS) is 16.7. The third-order valence-electron chi connectivity index (χ3n) is 5.35. The monoisotopic (exact) mass is 402 g/mol. The lowest BCUT2D eigenvalue weighted by Gasteiger charge is -2.15. The number of aryl methyl sites for hydroxylation is 2. The maximum Gasteiger partial charge on any atom is 0.325 e. The van der Waals surface area contributed by atoms with Crippen molar-refractivity contribution in [2.75, 3.05) is 4.90 Å². The van der Waals surface area contributed by atoms with E-state index in [-0.39, 0.29) is 23.9 Å². The first-order valence-corrected chi connectivity index (χ1v) is 9.55. The number of fused-ring (bicyclic) bond motifs is 1. The lowest BCUT2D eigenvalue weighted by Crippen LogP contribution is -2.31. The van der Waals surface area contributed by atoms with Crippen molar-refractivity contribution in [3.63, 3.8) is 0 Å². The predicted octanol–water partition coefficient (Wildman–Crippen LogP) is 2.97. The number of carbonyl (C=O) groups is 2. The van der Waals surface area contributed by atoms with Crippen LogP contribution in [0.4, 0.5) is 5.69 Å². The van der Waals surface area contributed by atoms with Crippen LogP contribution >= 0.6 is 0 Å². The third-order valence-corrected chi connectivity index (χ3v) is 5.35. The second kappa shape index (κ2) is 6.55. The highest BCUT2D eigenvalue weighted by Gasteiger charge is 2.43. The third kappa shape index (κ3) is 2.68. The number of aromatic nitrogens is 3. The molecule has 2 amide bonds. The van der Waals surface area contributed by atoms with Gasteiger partial charge in [0.25, 0.3) is 5.56 Å². The molecule has 1 fully saturated rings. The average molecular weight is 402 g/mol. The van der Waals surface area contributed by atoms with Crippen molar-refractivity contribution in [3.8, 4) is 6.01 Å². The molecule has 8 nitrogen and oxygen atoms in total. The average Bonchev–Trinajstić information content (AvgIpc) is 3.35. The Hall–Kier alpha value is -3.94. The van der Waals surface area contributed by atoms with E-state index < -0.39 is 17.4 Å². The summed E-state index contributed by atoms with van der Waals surface area (Å²) in [7, 11) is 0. The van der Waals surface area contributed by atoms with Crippen LogP contribution in [0.15, 0.2) is 57.7 Å². The fourth-order valence-electron chi connectivity index (χ4n) is 3.96. The maximum absolute atomic E-state index is 13.2. The number of amides is 2. The minimum Gasteiger partial charge on any atom is -0.422 e. The zero-order valence-electron chi connectivity index (χ0n) is 16.4. The lowest BCUT2D eigenvalue weighted by molar-refractivity contribution is -0.121. The van der Waals surface area contributed by atoms with Crippen LogP contribution in [-0.2, 0) is 9.59 Å². The molecule has 1 saturated heterocycles. The van der Waals surface area contributed by atoms with Gasteiger partial charge in [0.15, 0.2) is 5.58 Å². The first kappa shape index (κ1) is 18.1. The number of hydrogen-bond donors (Lipinski definition) is 1. The van der Waals surface area contributed by atoms with E-state index in [0.29, 0.717) is 22.5 Å². The van der Waals surface area contributed by atoms with Gasteiger partial charge in [-0.2, -0.15) is 9.67 Å². The Labute approximate surface area is 170 Å². The molecule has 150 valence electrons. The molecule has 0 saturated carbocycles. The second-order valence-electron chi connectivity index (χ2n) is 7.42. The van der Waals surface area contributed by atoms with Gasteiger partial charge in [0.05, 0.1) is 17.2 Å². The van der Waals surface area contributed by atoms with Crippen molar-refractivity contribution >= 4 is 28.6 Å². The topological polar surface area (TPSA) is 101 Å². The standard InChI is InChI=1S/C22H18N4O4/c1-12-6-5-7-14(10-12)25-18(27)11-15(20(25)28)19-13(2)24-26(21(19)29)22-23-16-8-3-4-9-17(16)30-22/h3-10,15,24H,11H2,1-2H3. The number of rotatable bonds is 3. The highest BCUT2D eigenvalue weighted by atomic mass is 16.4. The van der Waals surface area contributed by atoms with Crippen molar-refractivity contribution in [2.45, 2.75) is 26.2 Å². The molecule has 1 aliphatic heterocycles. The summed E-state index contributed by atoms with van der Waals surface area (Å²) in [6, 6.07) is 14.4. The van der Waals surface area contributed by atoms with E-state index >= 15 is 0 Å². The summed E-state index contributed by atoms with van der Waals surface area (Å²) in [4.78, 5) is 44.4. The van der Waals surface area contributed by atoms with Gasteiger partial charge in [-0.25, -0.2) is 4.90 Å². The molecule has 2 aromatic carbocycles. The molecule has 3 heterocycles. The summed E-state index contributed by atoms with van der Waals surface area (Å²) < 4.78 is 6.85. The molecule has 4 aromatic rings. The van der Waals surface area contributed by atoms with Gasteiger partial charge in [0, 0.05) is 12.1 Å². The van der Waals surface area contributed by atoms with E-state index in [1.807, 2.05) is 25.1 Å². The summed E-state index contributed by atoms with van der Waals surface area (Å²) in [5.74, 6) is -1.59. The molecule has 1 unspecified atom stereocenters. The summed E-state index contributed by atoms with van der Waals surface area (Å²) in [6.45, 7) is 3.59. The molecule has 1 atom stereocenters.